The Balaban J connectivity index is 2.43. The van der Waals surface area contributed by atoms with E-state index < -0.39 is 5.92 Å². The van der Waals surface area contributed by atoms with Crippen LogP contribution in [-0.2, 0) is 9.59 Å². The lowest BCUT2D eigenvalue weighted by Crippen LogP contribution is -2.39. The van der Waals surface area contributed by atoms with Gasteiger partial charge in [0.15, 0.2) is 0 Å². The fourth-order valence-corrected chi connectivity index (χ4v) is 1.29. The smallest absolute Gasteiger partial charge is 0.232 e. The summed E-state index contributed by atoms with van der Waals surface area (Å²) >= 11 is 0. The number of carbonyl (C=O) groups excluding carboxylic acids is 2. The molecule has 0 radical (unpaired) electrons. The van der Waals surface area contributed by atoms with E-state index in [4.69, 9.17) is 0 Å². The minimum atomic E-state index is -0.464. The van der Waals surface area contributed by atoms with Crippen molar-refractivity contribution in [3.05, 3.63) is 0 Å². The van der Waals surface area contributed by atoms with Gasteiger partial charge in [-0.25, -0.2) is 0 Å². The molecule has 0 spiro atoms. The van der Waals surface area contributed by atoms with Crippen LogP contribution < -0.4 is 10.6 Å². The zero-order valence-corrected chi connectivity index (χ0v) is 8.09. The fraction of sp³-hybridized carbons (Fsp3) is 0.778. The molecule has 1 fully saturated rings. The van der Waals surface area contributed by atoms with Gasteiger partial charge >= 0.3 is 0 Å². The first-order valence-electron chi connectivity index (χ1n) is 4.73. The first-order chi connectivity index (χ1) is 6.15. The molecule has 0 aliphatic carbocycles. The van der Waals surface area contributed by atoms with Crippen molar-refractivity contribution in [3.63, 3.8) is 0 Å². The molecular formula is C9H16N2O2. The van der Waals surface area contributed by atoms with Crippen LogP contribution in [0.2, 0.25) is 0 Å². The van der Waals surface area contributed by atoms with Crippen LogP contribution in [0.3, 0.4) is 0 Å². The largest absolute Gasteiger partial charge is 0.355 e. The summed E-state index contributed by atoms with van der Waals surface area (Å²) in [4.78, 5) is 22.6. The molecule has 4 nitrogen and oxygen atoms in total. The summed E-state index contributed by atoms with van der Waals surface area (Å²) in [6.45, 7) is 4.56. The van der Waals surface area contributed by atoms with E-state index in [2.05, 4.69) is 10.6 Å². The van der Waals surface area contributed by atoms with Crippen molar-refractivity contribution in [2.24, 2.45) is 5.92 Å². The zero-order valence-electron chi connectivity index (χ0n) is 8.09. The Morgan fingerprint density at radius 2 is 2.46 bits per heavy atom. The number of amides is 2. The molecule has 2 N–H and O–H groups in total. The highest BCUT2D eigenvalue weighted by molar-refractivity contribution is 6.01. The van der Waals surface area contributed by atoms with Gasteiger partial charge in [-0.1, -0.05) is 6.92 Å². The van der Waals surface area contributed by atoms with Gasteiger partial charge < -0.3 is 10.6 Å². The van der Waals surface area contributed by atoms with Crippen molar-refractivity contribution in [2.75, 3.05) is 6.54 Å². The summed E-state index contributed by atoms with van der Waals surface area (Å²) in [6.07, 6.45) is 1.52. The van der Waals surface area contributed by atoms with Gasteiger partial charge in [0.2, 0.25) is 11.8 Å². The molecule has 4 heteroatoms. The van der Waals surface area contributed by atoms with Crippen LogP contribution in [0.25, 0.3) is 0 Å². The third kappa shape index (κ3) is 2.44. The second kappa shape index (κ2) is 4.25. The second-order valence-corrected chi connectivity index (χ2v) is 3.45. The molecule has 0 aromatic carbocycles. The van der Waals surface area contributed by atoms with Crippen LogP contribution >= 0.6 is 0 Å². The topological polar surface area (TPSA) is 58.2 Å². The first-order valence-corrected chi connectivity index (χ1v) is 4.73. The maximum absolute atomic E-state index is 11.5. The molecular weight excluding hydrogens is 168 g/mol. The van der Waals surface area contributed by atoms with Crippen molar-refractivity contribution in [2.45, 2.75) is 32.7 Å². The van der Waals surface area contributed by atoms with Crippen molar-refractivity contribution >= 4 is 11.8 Å². The van der Waals surface area contributed by atoms with Crippen LogP contribution in [0, 0.1) is 5.92 Å². The highest BCUT2D eigenvalue weighted by Crippen LogP contribution is 2.09. The van der Waals surface area contributed by atoms with Gasteiger partial charge in [-0.05, 0) is 19.8 Å². The molecule has 0 saturated carbocycles. The normalized spacial score (nSPS) is 23.8. The molecule has 0 aromatic rings. The van der Waals surface area contributed by atoms with Crippen LogP contribution in [0.4, 0.5) is 0 Å². The van der Waals surface area contributed by atoms with E-state index in [-0.39, 0.29) is 17.9 Å². The second-order valence-electron chi connectivity index (χ2n) is 3.45. The number of hydrogen-bond donors (Lipinski definition) is 2. The monoisotopic (exact) mass is 184 g/mol. The lowest BCUT2D eigenvalue weighted by Gasteiger charge is -2.13. The molecule has 74 valence electrons. The van der Waals surface area contributed by atoms with E-state index in [9.17, 15) is 9.59 Å². The number of nitrogens with one attached hydrogen (secondary N) is 2. The average molecular weight is 184 g/mol. The molecule has 1 aliphatic heterocycles. The summed E-state index contributed by atoms with van der Waals surface area (Å²) in [7, 11) is 0. The van der Waals surface area contributed by atoms with Crippen LogP contribution in [0.15, 0.2) is 0 Å². The molecule has 0 bridgehead atoms. The molecule has 13 heavy (non-hydrogen) atoms. The Hall–Kier alpha value is -1.06. The van der Waals surface area contributed by atoms with E-state index in [0.29, 0.717) is 13.0 Å². The minimum Gasteiger partial charge on any atom is -0.355 e. The summed E-state index contributed by atoms with van der Waals surface area (Å²) in [5, 5.41) is 5.44. The van der Waals surface area contributed by atoms with Gasteiger partial charge in [-0.2, -0.15) is 0 Å². The highest BCUT2D eigenvalue weighted by Gasteiger charge is 2.31. The molecule has 2 amide bonds. The van der Waals surface area contributed by atoms with E-state index in [0.717, 1.165) is 6.42 Å². The SMILES string of the molecule is CCC(C)NC(=O)C1CCNC1=O. The Kier molecular flexibility index (Phi) is 3.28. The standard InChI is InChI=1S/C9H16N2O2/c1-3-6(2)11-9(13)7-4-5-10-8(7)12/h6-7H,3-5H2,1-2H3,(H,10,12)(H,11,13). The summed E-state index contributed by atoms with van der Waals surface area (Å²) < 4.78 is 0. The van der Waals surface area contributed by atoms with Gasteiger partial charge in [0.05, 0.1) is 0 Å². The lowest BCUT2D eigenvalue weighted by molar-refractivity contribution is -0.133. The number of hydrogen-bond acceptors (Lipinski definition) is 2. The summed E-state index contributed by atoms with van der Waals surface area (Å²) in [5.41, 5.74) is 0. The third-order valence-electron chi connectivity index (χ3n) is 2.37. The first kappa shape index (κ1) is 10.0. The predicted octanol–water partition coefficient (Wildman–Crippen LogP) is 0.0372. The van der Waals surface area contributed by atoms with Gasteiger partial charge in [0, 0.05) is 12.6 Å². The summed E-state index contributed by atoms with van der Waals surface area (Å²) in [5.74, 6) is -0.737. The fourth-order valence-electron chi connectivity index (χ4n) is 1.29. The van der Waals surface area contributed by atoms with E-state index >= 15 is 0 Å². The summed E-state index contributed by atoms with van der Waals surface area (Å²) in [6, 6.07) is 0.154. The molecule has 2 atom stereocenters. The molecule has 1 rings (SSSR count). The Morgan fingerprint density at radius 1 is 1.77 bits per heavy atom. The van der Waals surface area contributed by atoms with Crippen LogP contribution in [0.5, 0.6) is 0 Å². The highest BCUT2D eigenvalue weighted by atomic mass is 16.2. The number of rotatable bonds is 3. The molecule has 1 heterocycles. The van der Waals surface area contributed by atoms with Gasteiger partial charge in [-0.15, -0.1) is 0 Å². The Bertz CT molecular complexity index is 216. The van der Waals surface area contributed by atoms with Crippen molar-refractivity contribution in [1.82, 2.24) is 10.6 Å². The zero-order chi connectivity index (χ0) is 9.84. The number of carbonyl (C=O) groups is 2. The third-order valence-corrected chi connectivity index (χ3v) is 2.37. The van der Waals surface area contributed by atoms with Crippen molar-refractivity contribution in [3.8, 4) is 0 Å². The van der Waals surface area contributed by atoms with Crippen molar-refractivity contribution < 1.29 is 9.59 Å². The molecule has 2 unspecified atom stereocenters. The Morgan fingerprint density at radius 3 is 2.92 bits per heavy atom. The maximum Gasteiger partial charge on any atom is 0.232 e. The Labute approximate surface area is 78.1 Å². The molecule has 1 aliphatic rings. The van der Waals surface area contributed by atoms with Crippen LogP contribution in [0.1, 0.15) is 26.7 Å². The lowest BCUT2D eigenvalue weighted by atomic mass is 10.1. The van der Waals surface area contributed by atoms with Gasteiger partial charge in [0.25, 0.3) is 0 Å². The average Bonchev–Trinajstić information content (AvgIpc) is 2.51. The quantitative estimate of drug-likeness (QED) is 0.608. The van der Waals surface area contributed by atoms with Gasteiger partial charge in [0.1, 0.15) is 5.92 Å². The maximum atomic E-state index is 11.5. The van der Waals surface area contributed by atoms with Gasteiger partial charge in [-0.3, -0.25) is 9.59 Å². The van der Waals surface area contributed by atoms with Crippen LogP contribution in [-0.4, -0.2) is 24.4 Å². The predicted molar refractivity (Wildman–Crippen MR) is 49.0 cm³/mol. The molecule has 1 saturated heterocycles. The minimum absolute atomic E-state index is 0.135. The van der Waals surface area contributed by atoms with E-state index in [1.54, 1.807) is 0 Å². The van der Waals surface area contributed by atoms with E-state index in [1.165, 1.54) is 0 Å². The van der Waals surface area contributed by atoms with Crippen molar-refractivity contribution in [1.29, 1.82) is 0 Å². The van der Waals surface area contributed by atoms with E-state index in [1.807, 2.05) is 13.8 Å². The molecule has 0 aromatic heterocycles.